The third-order valence-electron chi connectivity index (χ3n) is 4.50. The van der Waals surface area contributed by atoms with E-state index in [-0.39, 0.29) is 17.0 Å². The normalized spacial score (nSPS) is 11.1. The molecule has 0 aliphatic heterocycles. The fraction of sp³-hybridized carbons (Fsp3) is 0. The molecule has 0 saturated carbocycles. The summed E-state index contributed by atoms with van der Waals surface area (Å²) in [7, 11) is -1.83. The van der Waals surface area contributed by atoms with Gasteiger partial charge in [0.25, 0.3) is 0 Å². The summed E-state index contributed by atoms with van der Waals surface area (Å²) in [5.41, 5.74) is 0.847. The number of fused-ring (bicyclic) bond motifs is 2. The van der Waals surface area contributed by atoms with E-state index in [0.29, 0.717) is 16.5 Å². The predicted octanol–water partition coefficient (Wildman–Crippen LogP) is 2.75. The van der Waals surface area contributed by atoms with Crippen molar-refractivity contribution in [2.24, 2.45) is 0 Å². The first kappa shape index (κ1) is 15.5. The predicted molar refractivity (Wildman–Crippen MR) is 100 cm³/mol. The first-order valence-corrected chi connectivity index (χ1v) is 7.90. The summed E-state index contributed by atoms with van der Waals surface area (Å²) >= 11 is 0. The van der Waals surface area contributed by atoms with Crippen LogP contribution in [-0.2, 0) is 0 Å². The van der Waals surface area contributed by atoms with Gasteiger partial charge in [0, 0.05) is 16.6 Å². The minimum Gasteiger partial charge on any atom is -0.508 e. The molecule has 0 heterocycles. The van der Waals surface area contributed by atoms with Crippen LogP contribution >= 0.6 is 0 Å². The molecule has 4 N–H and O–H groups in total. The second-order valence-electron chi connectivity index (χ2n) is 5.96. The maximum atomic E-state index is 10.8. The summed E-state index contributed by atoms with van der Waals surface area (Å²) < 4.78 is 0. The molecule has 0 atom stereocenters. The molecular formula is C20H15BO4. The number of hydrogen-bond donors (Lipinski definition) is 4. The number of benzene rings is 4. The molecule has 0 amide bonds. The lowest BCUT2D eigenvalue weighted by molar-refractivity contribution is 0.420. The molecule has 0 aliphatic carbocycles. The Balaban J connectivity index is 2.16. The van der Waals surface area contributed by atoms with Crippen molar-refractivity contribution in [2.45, 2.75) is 0 Å². The Labute approximate surface area is 144 Å². The molecule has 0 spiro atoms. The lowest BCUT2D eigenvalue weighted by Gasteiger charge is -2.16. The molecule has 122 valence electrons. The summed E-state index contributed by atoms with van der Waals surface area (Å²) in [6.07, 6.45) is 0. The van der Waals surface area contributed by atoms with Crippen LogP contribution in [0.5, 0.6) is 11.5 Å². The number of aromatic hydroxyl groups is 2. The number of phenols is 2. The lowest BCUT2D eigenvalue weighted by Crippen LogP contribution is -2.31. The van der Waals surface area contributed by atoms with Gasteiger partial charge in [-0.1, -0.05) is 54.6 Å². The average molecular weight is 330 g/mol. The van der Waals surface area contributed by atoms with Crippen LogP contribution in [0.3, 0.4) is 0 Å². The summed E-state index contributed by atoms with van der Waals surface area (Å²) in [6.45, 7) is 0. The van der Waals surface area contributed by atoms with Gasteiger partial charge in [-0.2, -0.15) is 0 Å². The Morgan fingerprint density at radius 3 is 2.04 bits per heavy atom. The van der Waals surface area contributed by atoms with Crippen LogP contribution in [0, 0.1) is 0 Å². The van der Waals surface area contributed by atoms with Crippen LogP contribution in [0.2, 0.25) is 0 Å². The van der Waals surface area contributed by atoms with Crippen LogP contribution < -0.4 is 5.46 Å². The molecule has 0 saturated heterocycles. The summed E-state index contributed by atoms with van der Waals surface area (Å²) in [5.74, 6) is -0.233. The molecule has 25 heavy (non-hydrogen) atoms. The van der Waals surface area contributed by atoms with Gasteiger partial charge in [-0.05, 0) is 33.7 Å². The van der Waals surface area contributed by atoms with Crippen molar-refractivity contribution in [1.29, 1.82) is 0 Å². The van der Waals surface area contributed by atoms with E-state index in [1.54, 1.807) is 30.3 Å². The second kappa shape index (κ2) is 5.81. The van der Waals surface area contributed by atoms with Crippen molar-refractivity contribution >= 4 is 34.1 Å². The fourth-order valence-electron chi connectivity index (χ4n) is 3.36. The standard InChI is InChI=1S/C20H15BO4/c22-17-10-9-12-5-1-3-7-14(12)18(17)16-11-13-6-2-4-8-15(13)19(20(16)23)21(24)25/h1-11,22-25H. The van der Waals surface area contributed by atoms with Crippen molar-refractivity contribution in [3.63, 3.8) is 0 Å². The van der Waals surface area contributed by atoms with Gasteiger partial charge in [0.05, 0.1) is 0 Å². The van der Waals surface area contributed by atoms with Crippen LogP contribution in [0.4, 0.5) is 0 Å². The zero-order valence-electron chi connectivity index (χ0n) is 13.2. The highest BCUT2D eigenvalue weighted by molar-refractivity contribution is 6.63. The van der Waals surface area contributed by atoms with E-state index in [9.17, 15) is 20.3 Å². The number of rotatable bonds is 2. The summed E-state index contributed by atoms with van der Waals surface area (Å²) in [6, 6.07) is 19.8. The lowest BCUT2D eigenvalue weighted by atomic mass is 9.74. The molecule has 0 unspecified atom stereocenters. The maximum absolute atomic E-state index is 10.8. The molecule has 0 radical (unpaired) electrons. The van der Waals surface area contributed by atoms with Gasteiger partial charge < -0.3 is 20.3 Å². The van der Waals surface area contributed by atoms with Gasteiger partial charge in [0.15, 0.2) is 0 Å². The highest BCUT2D eigenvalue weighted by atomic mass is 16.4. The van der Waals surface area contributed by atoms with E-state index in [2.05, 4.69) is 0 Å². The molecule has 5 heteroatoms. The van der Waals surface area contributed by atoms with E-state index < -0.39 is 7.12 Å². The van der Waals surface area contributed by atoms with Crippen molar-refractivity contribution in [1.82, 2.24) is 0 Å². The summed E-state index contributed by atoms with van der Waals surface area (Å²) in [5, 5.41) is 43.8. The maximum Gasteiger partial charge on any atom is 0.492 e. The quantitative estimate of drug-likeness (QED) is 0.426. The van der Waals surface area contributed by atoms with Gasteiger partial charge in [0.1, 0.15) is 11.5 Å². The van der Waals surface area contributed by atoms with Crippen molar-refractivity contribution in [2.75, 3.05) is 0 Å². The number of phenolic OH excluding ortho intramolecular Hbond substituents is 2. The van der Waals surface area contributed by atoms with Crippen LogP contribution in [0.1, 0.15) is 0 Å². The van der Waals surface area contributed by atoms with E-state index in [0.717, 1.165) is 16.2 Å². The van der Waals surface area contributed by atoms with Crippen molar-refractivity contribution in [3.05, 3.63) is 66.7 Å². The molecular weight excluding hydrogens is 315 g/mol. The topological polar surface area (TPSA) is 80.9 Å². The SMILES string of the molecule is OB(O)c1c(O)c(-c2c(O)ccc3ccccc23)cc2ccccc12. The van der Waals surface area contributed by atoms with E-state index in [1.807, 2.05) is 36.4 Å². The molecule has 0 fully saturated rings. The average Bonchev–Trinajstić information content (AvgIpc) is 2.61. The highest BCUT2D eigenvalue weighted by Crippen LogP contribution is 2.41. The molecule has 0 aliphatic rings. The van der Waals surface area contributed by atoms with Gasteiger partial charge in [0.2, 0.25) is 0 Å². The Morgan fingerprint density at radius 2 is 1.32 bits per heavy atom. The highest BCUT2D eigenvalue weighted by Gasteiger charge is 2.24. The van der Waals surface area contributed by atoms with E-state index >= 15 is 0 Å². The minimum absolute atomic E-state index is 0.0164. The fourth-order valence-corrected chi connectivity index (χ4v) is 3.36. The van der Waals surface area contributed by atoms with Gasteiger partial charge >= 0.3 is 7.12 Å². The molecule has 4 rings (SSSR count). The van der Waals surface area contributed by atoms with E-state index in [4.69, 9.17) is 0 Å². The number of hydrogen-bond acceptors (Lipinski definition) is 4. The van der Waals surface area contributed by atoms with Gasteiger partial charge in [-0.3, -0.25) is 0 Å². The van der Waals surface area contributed by atoms with Crippen molar-refractivity contribution in [3.8, 4) is 22.6 Å². The monoisotopic (exact) mass is 330 g/mol. The molecule has 0 aromatic heterocycles. The first-order chi connectivity index (χ1) is 12.1. The minimum atomic E-state index is -1.83. The smallest absolute Gasteiger partial charge is 0.492 e. The zero-order valence-corrected chi connectivity index (χ0v) is 13.2. The van der Waals surface area contributed by atoms with Crippen LogP contribution in [0.15, 0.2) is 66.7 Å². The zero-order chi connectivity index (χ0) is 17.6. The first-order valence-electron chi connectivity index (χ1n) is 7.90. The molecule has 4 aromatic carbocycles. The van der Waals surface area contributed by atoms with Gasteiger partial charge in [-0.15, -0.1) is 0 Å². The molecule has 0 bridgehead atoms. The third kappa shape index (κ3) is 2.41. The van der Waals surface area contributed by atoms with Crippen molar-refractivity contribution < 1.29 is 20.3 Å². The van der Waals surface area contributed by atoms with E-state index in [1.165, 1.54) is 0 Å². The third-order valence-corrected chi connectivity index (χ3v) is 4.50. The Morgan fingerprint density at radius 1 is 0.680 bits per heavy atom. The van der Waals surface area contributed by atoms with Gasteiger partial charge in [-0.25, -0.2) is 0 Å². The van der Waals surface area contributed by atoms with Crippen LogP contribution in [-0.4, -0.2) is 27.4 Å². The Bertz CT molecular complexity index is 1110. The largest absolute Gasteiger partial charge is 0.508 e. The van der Waals surface area contributed by atoms with Crippen LogP contribution in [0.25, 0.3) is 32.7 Å². The Kier molecular flexibility index (Phi) is 3.60. The molecule has 4 aromatic rings. The second-order valence-corrected chi connectivity index (χ2v) is 5.96. The molecule has 4 nitrogen and oxygen atoms in total. The summed E-state index contributed by atoms with van der Waals surface area (Å²) in [4.78, 5) is 0. The Hall–Kier alpha value is -3.02.